The topological polar surface area (TPSA) is 0 Å². The van der Waals surface area contributed by atoms with Gasteiger partial charge in [0, 0.05) is 0 Å². The van der Waals surface area contributed by atoms with Gasteiger partial charge in [-0.25, -0.2) is 0 Å². The monoisotopic (exact) mass is 814 g/mol. The van der Waals surface area contributed by atoms with Crippen LogP contribution in [0.15, 0.2) is 164 Å². The van der Waals surface area contributed by atoms with E-state index >= 15 is 0 Å². The summed E-state index contributed by atoms with van der Waals surface area (Å²) < 4.78 is 39.6. The van der Waals surface area contributed by atoms with Crippen LogP contribution in [0.3, 0.4) is 0 Å². The molecule has 0 fully saturated rings. The van der Waals surface area contributed by atoms with Crippen LogP contribution in [-0.2, 0) is 10.8 Å². The van der Waals surface area contributed by atoms with Crippen LogP contribution in [0.25, 0.3) is 87.6 Å². The van der Waals surface area contributed by atoms with Crippen molar-refractivity contribution >= 4 is 60.8 Å². The fourth-order valence-electron chi connectivity index (χ4n) is 9.84. The third kappa shape index (κ3) is 5.94. The van der Waals surface area contributed by atoms with Crippen LogP contribution >= 0.6 is 0 Å². The molecule has 1 heteroatoms. The van der Waals surface area contributed by atoms with E-state index in [9.17, 15) is 5.48 Å². The van der Waals surface area contributed by atoms with Gasteiger partial charge in [0.05, 0.1) is 0 Å². The minimum atomic E-state index is -2.48. The van der Waals surface area contributed by atoms with Gasteiger partial charge in [0.15, 0.2) is 0 Å². The molecule has 0 saturated carbocycles. The zero-order valence-electron chi connectivity index (χ0n) is 38.7. The van der Waals surface area contributed by atoms with Crippen molar-refractivity contribution < 1.29 is 5.48 Å². The summed E-state index contributed by atoms with van der Waals surface area (Å²) in [7, 11) is 0. The Bertz CT molecular complexity index is 3310. The molecule has 0 atom stereocenters. The van der Waals surface area contributed by atoms with E-state index in [-0.39, 0.29) is 35.0 Å². The summed E-state index contributed by atoms with van der Waals surface area (Å²) in [5.74, 6) is 7.27. The second kappa shape index (κ2) is 13.6. The molecule has 0 spiro atoms. The average molecular weight is 814 g/mol. The summed E-state index contributed by atoms with van der Waals surface area (Å²) in [6.07, 6.45) is 2.14. The van der Waals surface area contributed by atoms with Crippen molar-refractivity contribution in [3.8, 4) is 44.5 Å². The van der Waals surface area contributed by atoms with Crippen LogP contribution in [0.1, 0.15) is 57.1 Å². The SMILES string of the molecule is [2H]c1c([2H])c([2H])c2c(-c3ccc(-c4cccc5ccccc45)c4ccccc34)c3cc[c]([Ge]([CH3])([CH3])[CH3])cc3c(-c3cc4c(cc3-c3ccccc3)C(C)(C)CCC4(C)C)c2c1[2H]. The van der Waals surface area contributed by atoms with Gasteiger partial charge in [-0.15, -0.1) is 0 Å². The van der Waals surface area contributed by atoms with Crippen LogP contribution in [0.5, 0.6) is 0 Å². The van der Waals surface area contributed by atoms with Gasteiger partial charge in [-0.3, -0.25) is 0 Å². The first kappa shape index (κ1) is 32.5. The van der Waals surface area contributed by atoms with Gasteiger partial charge < -0.3 is 0 Å². The van der Waals surface area contributed by atoms with Crippen molar-refractivity contribution in [1.82, 2.24) is 0 Å². The van der Waals surface area contributed by atoms with Crippen LogP contribution in [0.4, 0.5) is 0 Å². The van der Waals surface area contributed by atoms with Crippen LogP contribution in [-0.4, -0.2) is 13.3 Å². The van der Waals surface area contributed by atoms with Gasteiger partial charge in [0.25, 0.3) is 0 Å². The molecule has 0 N–H and O–H groups in total. The molecule has 1 aliphatic carbocycles. The molecule has 0 aliphatic heterocycles. The first-order chi connectivity index (χ1) is 29.6. The second-order valence-electron chi connectivity index (χ2n) is 18.8. The van der Waals surface area contributed by atoms with Gasteiger partial charge in [-0.1, -0.05) is 24.3 Å². The summed E-state index contributed by atoms with van der Waals surface area (Å²) in [5, 5.41) is 7.67. The Labute approximate surface area is 352 Å². The Hall–Kier alpha value is -5.44. The molecule has 58 heavy (non-hydrogen) atoms. The van der Waals surface area contributed by atoms with Crippen molar-refractivity contribution in [3.63, 3.8) is 0 Å². The van der Waals surface area contributed by atoms with Crippen molar-refractivity contribution in [2.75, 3.05) is 0 Å². The molecule has 0 saturated heterocycles. The van der Waals surface area contributed by atoms with E-state index in [0.29, 0.717) is 10.8 Å². The number of fused-ring (bicyclic) bond motifs is 5. The van der Waals surface area contributed by atoms with Gasteiger partial charge in [0.2, 0.25) is 0 Å². The third-order valence-corrected chi connectivity index (χ3v) is 17.5. The molecule has 1 aliphatic rings. The molecule has 0 aromatic heterocycles. The predicted molar refractivity (Wildman–Crippen MR) is 256 cm³/mol. The Morgan fingerprint density at radius 1 is 0.431 bits per heavy atom. The van der Waals surface area contributed by atoms with Gasteiger partial charge in [0.1, 0.15) is 0 Å². The summed E-state index contributed by atoms with van der Waals surface area (Å²) in [6.45, 7) is 9.44. The van der Waals surface area contributed by atoms with Gasteiger partial charge >= 0.3 is 330 Å². The van der Waals surface area contributed by atoms with E-state index in [2.05, 4.69) is 184 Å². The normalized spacial score (nSPS) is 15.9. The average Bonchev–Trinajstić information content (AvgIpc) is 3.27. The standard InChI is InChI=1S/C57H52Ge/c1-56(2)32-33-57(3,4)53-36-51(49(35-52(53)56)38-18-9-8-10-19-38)55-46-26-16-15-25-45(46)54(48-29-28-39(34-50(48)55)58(5,6)7)47-31-30-44(42-23-13-14-24-43(42)47)41-27-17-21-37-20-11-12-22-40(37)41/h8-31,34-36H,32-33H2,1-7H3/i15D,16D,25D,26D. The summed E-state index contributed by atoms with van der Waals surface area (Å²) in [6, 6.07) is 49.9. The van der Waals surface area contributed by atoms with E-state index in [1.54, 1.807) is 0 Å². The van der Waals surface area contributed by atoms with E-state index in [1.807, 2.05) is 0 Å². The number of hydrogen-bond donors (Lipinski definition) is 0. The Balaban J connectivity index is 1.41. The summed E-state index contributed by atoms with van der Waals surface area (Å²) >= 11 is -2.48. The van der Waals surface area contributed by atoms with Crippen molar-refractivity contribution in [2.45, 2.75) is 68.6 Å². The van der Waals surface area contributed by atoms with E-state index in [0.717, 1.165) is 78.9 Å². The van der Waals surface area contributed by atoms with E-state index < -0.39 is 13.3 Å². The fourth-order valence-corrected chi connectivity index (χ4v) is 12.3. The molecule has 0 radical (unpaired) electrons. The fraction of sp³-hybridized carbons (Fsp3) is 0.193. The molecule has 0 unspecified atom stereocenters. The van der Waals surface area contributed by atoms with Gasteiger partial charge in [-0.2, -0.15) is 0 Å². The number of rotatable bonds is 5. The second-order valence-corrected chi connectivity index (χ2v) is 29.5. The van der Waals surface area contributed by atoms with Crippen molar-refractivity contribution in [1.29, 1.82) is 0 Å². The number of hydrogen-bond acceptors (Lipinski definition) is 0. The van der Waals surface area contributed by atoms with Crippen molar-refractivity contribution in [3.05, 3.63) is 175 Å². The molecular weight excluding hydrogens is 757 g/mol. The van der Waals surface area contributed by atoms with E-state index in [4.69, 9.17) is 0 Å². The molecule has 9 aromatic rings. The van der Waals surface area contributed by atoms with Gasteiger partial charge in [-0.05, 0) is 0 Å². The zero-order valence-corrected chi connectivity index (χ0v) is 36.8. The summed E-state index contributed by atoms with van der Waals surface area (Å²) in [5.41, 5.74) is 10.7. The van der Waals surface area contributed by atoms with E-state index in [1.165, 1.54) is 26.3 Å². The molecule has 0 amide bonds. The quantitative estimate of drug-likeness (QED) is 0.120. The molecular formula is C57H52Ge. The Morgan fingerprint density at radius 2 is 0.966 bits per heavy atom. The first-order valence-corrected chi connectivity index (χ1v) is 28.2. The summed E-state index contributed by atoms with van der Waals surface area (Å²) in [4.78, 5) is 0. The molecule has 10 rings (SSSR count). The minimum absolute atomic E-state index is 0.00477. The Kier molecular flexibility index (Phi) is 7.61. The van der Waals surface area contributed by atoms with Crippen molar-refractivity contribution in [2.24, 2.45) is 0 Å². The predicted octanol–water partition coefficient (Wildman–Crippen LogP) is 15.9. The van der Waals surface area contributed by atoms with Crippen LogP contribution in [0.2, 0.25) is 17.3 Å². The third-order valence-electron chi connectivity index (χ3n) is 13.2. The first-order valence-electron chi connectivity index (χ1n) is 22.8. The maximum absolute atomic E-state index is 9.94. The molecule has 9 aromatic carbocycles. The molecule has 0 bridgehead atoms. The zero-order chi connectivity index (χ0) is 43.5. The molecule has 0 nitrogen and oxygen atoms in total. The van der Waals surface area contributed by atoms with Crippen LogP contribution in [0, 0.1) is 0 Å². The molecule has 0 heterocycles. The Morgan fingerprint density at radius 3 is 1.64 bits per heavy atom. The molecule has 284 valence electrons. The maximum atomic E-state index is 9.94. The number of benzene rings is 9. The van der Waals surface area contributed by atoms with Crippen LogP contribution < -0.4 is 4.40 Å².